The number of aliphatic hydroxyl groups excluding tert-OH is 2. The number of unbranched alkanes of at least 4 members (excludes halogenated alkanes) is 1. The molecule has 0 unspecified atom stereocenters. The first-order valence-corrected chi connectivity index (χ1v) is 5.18. The van der Waals surface area contributed by atoms with Crippen LogP contribution >= 0.6 is 0 Å². The van der Waals surface area contributed by atoms with Gasteiger partial charge in [0.2, 0.25) is 0 Å². The molecule has 0 saturated heterocycles. The molecule has 82 valence electrons. The molecule has 0 aliphatic rings. The Labute approximate surface area is 78.1 Å². The molecular weight excluding hydrogens is 200 g/mol. The van der Waals surface area contributed by atoms with Gasteiger partial charge in [0, 0.05) is 0 Å². The summed E-state index contributed by atoms with van der Waals surface area (Å²) in [5, 5.41) is 15.2. The molecule has 0 amide bonds. The monoisotopic (exact) mass is 216 g/mol. The van der Waals surface area contributed by atoms with Crippen LogP contribution in [0, 0.1) is 0 Å². The zero-order valence-electron chi connectivity index (χ0n) is 7.51. The van der Waals surface area contributed by atoms with E-state index >= 15 is 0 Å². The number of hydrogen-bond donors (Lipinski definition) is 3. The van der Waals surface area contributed by atoms with Crippen LogP contribution in [0.15, 0.2) is 0 Å². The molecule has 0 heterocycles. The van der Waals surface area contributed by atoms with E-state index in [2.05, 4.69) is 4.18 Å². The summed E-state index contributed by atoms with van der Waals surface area (Å²) in [5.74, 6) is 0. The SMILES string of the molecule is CCCCOS(=O)(=O)O.OCCO. The highest BCUT2D eigenvalue weighted by Gasteiger charge is 2.00. The maximum Gasteiger partial charge on any atom is 0.397 e. The van der Waals surface area contributed by atoms with Gasteiger partial charge >= 0.3 is 10.4 Å². The van der Waals surface area contributed by atoms with Crippen LogP contribution < -0.4 is 0 Å². The lowest BCUT2D eigenvalue weighted by Gasteiger charge is -1.95. The molecule has 13 heavy (non-hydrogen) atoms. The summed E-state index contributed by atoms with van der Waals surface area (Å²) in [4.78, 5) is 0. The van der Waals surface area contributed by atoms with Crippen LogP contribution in [0.1, 0.15) is 19.8 Å². The van der Waals surface area contributed by atoms with Crippen molar-refractivity contribution in [3.05, 3.63) is 0 Å². The highest BCUT2D eigenvalue weighted by molar-refractivity contribution is 7.80. The van der Waals surface area contributed by atoms with Gasteiger partial charge < -0.3 is 10.2 Å². The Morgan fingerprint density at radius 2 is 1.69 bits per heavy atom. The molecule has 0 spiro atoms. The van der Waals surface area contributed by atoms with Gasteiger partial charge in [0.25, 0.3) is 0 Å². The van der Waals surface area contributed by atoms with E-state index in [0.717, 1.165) is 6.42 Å². The van der Waals surface area contributed by atoms with Crippen LogP contribution in [0.2, 0.25) is 0 Å². The second-order valence-corrected chi connectivity index (χ2v) is 3.14. The molecule has 0 fully saturated rings. The van der Waals surface area contributed by atoms with Crippen LogP contribution in [-0.2, 0) is 14.6 Å². The average molecular weight is 216 g/mol. The van der Waals surface area contributed by atoms with Crippen molar-refractivity contribution in [3.63, 3.8) is 0 Å². The van der Waals surface area contributed by atoms with Crippen LogP contribution in [0.25, 0.3) is 0 Å². The summed E-state index contributed by atoms with van der Waals surface area (Å²) in [6.07, 6.45) is 1.48. The Kier molecular flexibility index (Phi) is 11.6. The van der Waals surface area contributed by atoms with E-state index in [-0.39, 0.29) is 19.8 Å². The number of aliphatic hydroxyl groups is 2. The molecule has 0 aliphatic carbocycles. The van der Waals surface area contributed by atoms with E-state index < -0.39 is 10.4 Å². The smallest absolute Gasteiger partial charge is 0.394 e. The molecule has 0 saturated carbocycles. The summed E-state index contributed by atoms with van der Waals surface area (Å²) in [5.41, 5.74) is 0. The van der Waals surface area contributed by atoms with E-state index in [1.807, 2.05) is 6.92 Å². The van der Waals surface area contributed by atoms with Gasteiger partial charge in [-0.1, -0.05) is 13.3 Å². The molecule has 6 nitrogen and oxygen atoms in total. The predicted molar refractivity (Wildman–Crippen MR) is 46.6 cm³/mol. The molecule has 0 rings (SSSR count). The van der Waals surface area contributed by atoms with Gasteiger partial charge in [0.15, 0.2) is 0 Å². The molecular formula is C6H16O6S. The van der Waals surface area contributed by atoms with Gasteiger partial charge in [-0.15, -0.1) is 0 Å². The van der Waals surface area contributed by atoms with Crippen LogP contribution in [-0.4, -0.2) is 43.0 Å². The maximum atomic E-state index is 9.84. The maximum absolute atomic E-state index is 9.84. The molecule has 0 bridgehead atoms. The second kappa shape index (κ2) is 9.87. The van der Waals surface area contributed by atoms with Gasteiger partial charge in [-0.2, -0.15) is 8.42 Å². The normalized spacial score (nSPS) is 10.5. The quantitative estimate of drug-likeness (QED) is 0.426. The van der Waals surface area contributed by atoms with Gasteiger partial charge in [-0.05, 0) is 6.42 Å². The van der Waals surface area contributed by atoms with E-state index in [4.69, 9.17) is 14.8 Å². The summed E-state index contributed by atoms with van der Waals surface area (Å²) in [7, 11) is -4.20. The summed E-state index contributed by atoms with van der Waals surface area (Å²) in [6, 6.07) is 0. The lowest BCUT2D eigenvalue weighted by molar-refractivity contribution is 0.186. The Morgan fingerprint density at radius 1 is 1.23 bits per heavy atom. The van der Waals surface area contributed by atoms with Gasteiger partial charge in [-0.3, -0.25) is 4.55 Å². The molecule has 0 aliphatic heterocycles. The topological polar surface area (TPSA) is 104 Å². The lowest BCUT2D eigenvalue weighted by Crippen LogP contribution is -2.04. The Morgan fingerprint density at radius 3 is 1.92 bits per heavy atom. The third-order valence-corrected chi connectivity index (χ3v) is 1.29. The molecule has 7 heteroatoms. The first-order valence-electron chi connectivity index (χ1n) is 3.81. The first kappa shape index (κ1) is 15.3. The third kappa shape index (κ3) is 24.5. The Balaban J connectivity index is 0. The van der Waals surface area contributed by atoms with E-state index in [1.54, 1.807) is 0 Å². The highest BCUT2D eigenvalue weighted by Crippen LogP contribution is 1.91. The largest absolute Gasteiger partial charge is 0.397 e. The minimum atomic E-state index is -4.20. The summed E-state index contributed by atoms with van der Waals surface area (Å²) in [6.45, 7) is 1.71. The summed E-state index contributed by atoms with van der Waals surface area (Å²) >= 11 is 0. The minimum Gasteiger partial charge on any atom is -0.394 e. The van der Waals surface area contributed by atoms with Crippen molar-refractivity contribution in [1.29, 1.82) is 0 Å². The van der Waals surface area contributed by atoms with Crippen molar-refractivity contribution < 1.29 is 27.4 Å². The number of hydrogen-bond acceptors (Lipinski definition) is 5. The Hall–Kier alpha value is -0.210. The van der Waals surface area contributed by atoms with Gasteiger partial charge in [-0.25, -0.2) is 4.18 Å². The molecule has 0 aromatic carbocycles. The highest BCUT2D eigenvalue weighted by atomic mass is 32.3. The summed E-state index contributed by atoms with van der Waals surface area (Å²) < 4.78 is 31.7. The van der Waals surface area contributed by atoms with Crippen molar-refractivity contribution in [2.45, 2.75) is 19.8 Å². The van der Waals surface area contributed by atoms with Crippen LogP contribution in [0.5, 0.6) is 0 Å². The van der Waals surface area contributed by atoms with Crippen LogP contribution in [0.4, 0.5) is 0 Å². The molecule has 0 aromatic heterocycles. The minimum absolute atomic E-state index is 0.0648. The van der Waals surface area contributed by atoms with E-state index in [9.17, 15) is 8.42 Å². The van der Waals surface area contributed by atoms with E-state index in [0.29, 0.717) is 6.42 Å². The van der Waals surface area contributed by atoms with Crippen LogP contribution in [0.3, 0.4) is 0 Å². The average Bonchev–Trinajstić information content (AvgIpc) is 2.03. The second-order valence-electron chi connectivity index (χ2n) is 2.05. The van der Waals surface area contributed by atoms with Crippen molar-refractivity contribution >= 4 is 10.4 Å². The number of rotatable bonds is 5. The Bertz CT molecular complexity index is 174. The van der Waals surface area contributed by atoms with Crippen molar-refractivity contribution in [1.82, 2.24) is 0 Å². The van der Waals surface area contributed by atoms with Crippen molar-refractivity contribution in [3.8, 4) is 0 Å². The van der Waals surface area contributed by atoms with Crippen molar-refractivity contribution in [2.75, 3.05) is 19.8 Å². The molecule has 0 radical (unpaired) electrons. The lowest BCUT2D eigenvalue weighted by atomic mass is 10.4. The van der Waals surface area contributed by atoms with E-state index in [1.165, 1.54) is 0 Å². The zero-order valence-corrected chi connectivity index (χ0v) is 8.33. The predicted octanol–water partition coefficient (Wildman–Crippen LogP) is -0.423. The fourth-order valence-electron chi connectivity index (χ4n) is 0.309. The fourth-order valence-corrected chi connectivity index (χ4v) is 0.637. The van der Waals surface area contributed by atoms with Gasteiger partial charge in [0.05, 0.1) is 19.8 Å². The molecule has 0 aromatic rings. The molecule has 3 N–H and O–H groups in total. The fraction of sp³-hybridized carbons (Fsp3) is 1.00. The van der Waals surface area contributed by atoms with Gasteiger partial charge in [0.1, 0.15) is 0 Å². The molecule has 0 atom stereocenters. The standard InChI is InChI=1S/C4H10O4S.C2H6O2/c1-2-3-4-8-9(5,6)7;3-1-2-4/h2-4H2,1H3,(H,5,6,7);3-4H,1-2H2. The first-order chi connectivity index (χ1) is 5.97. The third-order valence-electron chi connectivity index (χ3n) is 0.830. The zero-order chi connectivity index (χ0) is 10.7. The van der Waals surface area contributed by atoms with Crippen molar-refractivity contribution in [2.24, 2.45) is 0 Å².